The lowest BCUT2D eigenvalue weighted by atomic mass is 9.77. The van der Waals surface area contributed by atoms with Crippen molar-refractivity contribution >= 4 is 23.2 Å². The molecule has 0 saturated heterocycles. The second-order valence-corrected chi connectivity index (χ2v) is 12.6. The third-order valence-electron chi connectivity index (χ3n) is 6.96. The van der Waals surface area contributed by atoms with Crippen molar-refractivity contribution in [1.29, 1.82) is 0 Å². The summed E-state index contributed by atoms with van der Waals surface area (Å²) in [5.41, 5.74) is 0. The van der Waals surface area contributed by atoms with E-state index in [9.17, 15) is 0 Å². The lowest BCUT2D eigenvalue weighted by molar-refractivity contribution is 0.236. The van der Waals surface area contributed by atoms with Crippen molar-refractivity contribution in [2.45, 2.75) is 39.5 Å². The molecule has 1 heteroatoms. The maximum absolute atomic E-state index is 2.40. The maximum atomic E-state index is 2.40. The smallest absolute Gasteiger partial charge is 0.0625 e. The predicted octanol–water partition coefficient (Wildman–Crippen LogP) is 6.44. The zero-order chi connectivity index (χ0) is 20.1. The van der Waals surface area contributed by atoms with Gasteiger partial charge in [-0.2, -0.15) is 0 Å². The standard InChI is InChI=1S/C28H34P/c1-23(2)25-20-18-24(19-21-25)22-29(26-12-6-3-7-13-26,27-14-8-4-9-15-27)28-16-10-5-11-17-28/h3-17,23-25H,18-22H2,1-2H3/q+1. The summed E-state index contributed by atoms with van der Waals surface area (Å²) in [5, 5.41) is 4.59. The summed E-state index contributed by atoms with van der Waals surface area (Å²) in [7, 11) is -1.67. The van der Waals surface area contributed by atoms with Crippen LogP contribution in [0.2, 0.25) is 0 Å². The van der Waals surface area contributed by atoms with Gasteiger partial charge < -0.3 is 0 Å². The van der Waals surface area contributed by atoms with E-state index in [0.29, 0.717) is 0 Å². The molecule has 3 aromatic rings. The quantitative estimate of drug-likeness (QED) is 0.417. The summed E-state index contributed by atoms with van der Waals surface area (Å²) in [6, 6.07) is 34.1. The van der Waals surface area contributed by atoms with Gasteiger partial charge >= 0.3 is 0 Å². The normalized spacial score (nSPS) is 20.0. The van der Waals surface area contributed by atoms with Crippen molar-refractivity contribution in [2.75, 3.05) is 6.16 Å². The molecule has 3 aromatic carbocycles. The molecule has 1 aliphatic rings. The average molecular weight is 402 g/mol. The highest BCUT2D eigenvalue weighted by molar-refractivity contribution is 7.95. The third-order valence-corrected chi connectivity index (χ3v) is 11.6. The van der Waals surface area contributed by atoms with Crippen LogP contribution in [0.25, 0.3) is 0 Å². The van der Waals surface area contributed by atoms with Crippen LogP contribution >= 0.6 is 7.26 Å². The minimum Gasteiger partial charge on any atom is -0.0625 e. The minimum atomic E-state index is -1.67. The summed E-state index contributed by atoms with van der Waals surface area (Å²) in [5.74, 6) is 2.57. The van der Waals surface area contributed by atoms with E-state index < -0.39 is 7.26 Å². The molecule has 29 heavy (non-hydrogen) atoms. The van der Waals surface area contributed by atoms with Crippen molar-refractivity contribution in [1.82, 2.24) is 0 Å². The molecule has 1 fully saturated rings. The second kappa shape index (κ2) is 9.27. The number of hydrogen-bond acceptors (Lipinski definition) is 0. The fraction of sp³-hybridized carbons (Fsp3) is 0.357. The molecular formula is C28H34P+. The van der Waals surface area contributed by atoms with Gasteiger partial charge in [-0.1, -0.05) is 68.4 Å². The summed E-state index contributed by atoms with van der Waals surface area (Å²) >= 11 is 0. The first-order valence-electron chi connectivity index (χ1n) is 11.2. The molecule has 0 spiro atoms. The van der Waals surface area contributed by atoms with E-state index in [1.165, 1.54) is 47.8 Å². The number of benzene rings is 3. The predicted molar refractivity (Wildman–Crippen MR) is 130 cm³/mol. The molecule has 1 aliphatic carbocycles. The first-order chi connectivity index (χ1) is 14.2. The maximum Gasteiger partial charge on any atom is 0.112 e. The Morgan fingerprint density at radius 3 is 1.34 bits per heavy atom. The fourth-order valence-corrected chi connectivity index (χ4v) is 9.95. The largest absolute Gasteiger partial charge is 0.112 e. The van der Waals surface area contributed by atoms with Crippen molar-refractivity contribution in [3.8, 4) is 0 Å². The van der Waals surface area contributed by atoms with Gasteiger partial charge in [0.25, 0.3) is 0 Å². The van der Waals surface area contributed by atoms with Gasteiger partial charge in [0, 0.05) is 0 Å². The van der Waals surface area contributed by atoms with Crippen molar-refractivity contribution in [3.63, 3.8) is 0 Å². The van der Waals surface area contributed by atoms with Gasteiger partial charge in [-0.15, -0.1) is 0 Å². The van der Waals surface area contributed by atoms with E-state index in [4.69, 9.17) is 0 Å². The Morgan fingerprint density at radius 1 is 0.621 bits per heavy atom. The van der Waals surface area contributed by atoms with Crippen LogP contribution in [0.15, 0.2) is 91.0 Å². The summed E-state index contributed by atoms with van der Waals surface area (Å²) in [6.07, 6.45) is 6.88. The van der Waals surface area contributed by atoms with Crippen LogP contribution in [0.5, 0.6) is 0 Å². The SMILES string of the molecule is CC(C)C1CCC(C[P+](c2ccccc2)(c2ccccc2)c2ccccc2)CC1. The van der Waals surface area contributed by atoms with Crippen LogP contribution in [-0.2, 0) is 0 Å². The van der Waals surface area contributed by atoms with E-state index in [-0.39, 0.29) is 0 Å². The fourth-order valence-electron chi connectivity index (χ4n) is 5.24. The monoisotopic (exact) mass is 401 g/mol. The Balaban J connectivity index is 1.78. The molecule has 0 bridgehead atoms. The zero-order valence-corrected chi connectivity index (χ0v) is 18.8. The summed E-state index contributed by atoms with van der Waals surface area (Å²) < 4.78 is 0. The van der Waals surface area contributed by atoms with Gasteiger partial charge in [0.15, 0.2) is 0 Å². The molecule has 0 aromatic heterocycles. The highest BCUT2D eigenvalue weighted by Gasteiger charge is 2.47. The molecular weight excluding hydrogens is 367 g/mol. The number of rotatable bonds is 6. The van der Waals surface area contributed by atoms with Crippen LogP contribution in [0.4, 0.5) is 0 Å². The van der Waals surface area contributed by atoms with Gasteiger partial charge in [-0.05, 0) is 79.8 Å². The minimum absolute atomic E-state index is 0.818. The first kappa shape index (κ1) is 20.4. The Bertz CT molecular complexity index is 765. The van der Waals surface area contributed by atoms with E-state index in [1.54, 1.807) is 0 Å². The molecule has 4 rings (SSSR count). The molecule has 150 valence electrons. The van der Waals surface area contributed by atoms with Crippen molar-refractivity contribution < 1.29 is 0 Å². The summed E-state index contributed by atoms with van der Waals surface area (Å²) in [6.45, 7) is 4.81. The average Bonchev–Trinajstić information content (AvgIpc) is 2.79. The lowest BCUT2D eigenvalue weighted by Crippen LogP contribution is -2.36. The molecule has 0 atom stereocenters. The molecule has 0 aliphatic heterocycles. The second-order valence-electron chi connectivity index (χ2n) is 9.02. The molecule has 1 saturated carbocycles. The molecule has 0 heterocycles. The van der Waals surface area contributed by atoms with Gasteiger partial charge in [-0.25, -0.2) is 0 Å². The van der Waals surface area contributed by atoms with Crippen LogP contribution < -0.4 is 15.9 Å². The molecule has 0 amide bonds. The Morgan fingerprint density at radius 2 is 1.00 bits per heavy atom. The van der Waals surface area contributed by atoms with Gasteiger partial charge in [-0.3, -0.25) is 0 Å². The van der Waals surface area contributed by atoms with E-state index in [2.05, 4.69) is 105 Å². The van der Waals surface area contributed by atoms with Crippen molar-refractivity contribution in [3.05, 3.63) is 91.0 Å². The topological polar surface area (TPSA) is 0 Å². The Hall–Kier alpha value is -1.91. The van der Waals surface area contributed by atoms with E-state index >= 15 is 0 Å². The lowest BCUT2D eigenvalue weighted by Gasteiger charge is -2.35. The van der Waals surface area contributed by atoms with Crippen LogP contribution in [0.1, 0.15) is 39.5 Å². The van der Waals surface area contributed by atoms with E-state index in [1.807, 2.05) is 0 Å². The molecule has 0 nitrogen and oxygen atoms in total. The van der Waals surface area contributed by atoms with Crippen LogP contribution in [0.3, 0.4) is 0 Å². The highest BCUT2D eigenvalue weighted by Crippen LogP contribution is 2.58. The molecule has 0 N–H and O–H groups in total. The number of hydrogen-bond donors (Lipinski definition) is 0. The Kier molecular flexibility index (Phi) is 6.51. The van der Waals surface area contributed by atoms with Crippen LogP contribution in [-0.4, -0.2) is 6.16 Å². The zero-order valence-electron chi connectivity index (χ0n) is 17.9. The van der Waals surface area contributed by atoms with Gasteiger partial charge in [0.1, 0.15) is 23.2 Å². The first-order valence-corrected chi connectivity index (χ1v) is 13.2. The van der Waals surface area contributed by atoms with Crippen LogP contribution in [0, 0.1) is 17.8 Å². The van der Waals surface area contributed by atoms with Crippen molar-refractivity contribution in [2.24, 2.45) is 17.8 Å². The molecule has 0 unspecified atom stereocenters. The van der Waals surface area contributed by atoms with Gasteiger partial charge in [0.2, 0.25) is 0 Å². The highest BCUT2D eigenvalue weighted by atomic mass is 31.2. The summed E-state index contributed by atoms with van der Waals surface area (Å²) in [4.78, 5) is 0. The Labute approximate surface area is 177 Å². The van der Waals surface area contributed by atoms with Gasteiger partial charge in [0.05, 0.1) is 6.16 Å². The third kappa shape index (κ3) is 4.34. The van der Waals surface area contributed by atoms with E-state index in [0.717, 1.165) is 17.8 Å². The molecule has 0 radical (unpaired) electrons.